The number of benzene rings is 1. The second-order valence-corrected chi connectivity index (χ2v) is 6.08. The van der Waals surface area contributed by atoms with Crippen LogP contribution in [0.15, 0.2) is 65.7 Å². The summed E-state index contributed by atoms with van der Waals surface area (Å²) in [5.41, 5.74) is -1.37. The van der Waals surface area contributed by atoms with Crippen molar-refractivity contribution >= 4 is 5.78 Å². The maximum absolute atomic E-state index is 14.3. The number of hydrogen-bond acceptors (Lipinski definition) is 3. The molecule has 0 aliphatic heterocycles. The number of alkyl halides is 3. The van der Waals surface area contributed by atoms with Crippen molar-refractivity contribution in [2.45, 2.75) is 18.5 Å². The van der Waals surface area contributed by atoms with Gasteiger partial charge in [-0.1, -0.05) is 12.1 Å². The topological polar surface area (TPSA) is 62.8 Å². The fourth-order valence-corrected chi connectivity index (χ4v) is 2.87. The smallest absolute Gasteiger partial charge is 0.328 e. The van der Waals surface area contributed by atoms with Gasteiger partial charge in [0.25, 0.3) is 5.56 Å². The molecule has 1 N–H and O–H groups in total. The number of nitrogens with zero attached hydrogens (tertiary/aromatic N) is 1. The van der Waals surface area contributed by atoms with Gasteiger partial charge in [0.1, 0.15) is 5.82 Å². The molecule has 0 aliphatic rings. The molecule has 0 spiro atoms. The van der Waals surface area contributed by atoms with Crippen LogP contribution in [-0.2, 0) is 6.18 Å². The summed E-state index contributed by atoms with van der Waals surface area (Å²) in [7, 11) is 0. The largest absolute Gasteiger partial charge is 0.416 e. The molecule has 1 aromatic carbocycles. The summed E-state index contributed by atoms with van der Waals surface area (Å²) in [4.78, 5) is 30.8. The van der Waals surface area contributed by atoms with Crippen LogP contribution in [0.25, 0.3) is 0 Å². The molecule has 1 atom stereocenters. The van der Waals surface area contributed by atoms with E-state index in [4.69, 9.17) is 0 Å². The number of pyridine rings is 2. The second kappa shape index (κ2) is 7.75. The minimum absolute atomic E-state index is 0.0806. The third-order valence-corrected chi connectivity index (χ3v) is 4.27. The van der Waals surface area contributed by atoms with Crippen LogP contribution in [0.4, 0.5) is 17.6 Å². The lowest BCUT2D eigenvalue weighted by Gasteiger charge is -2.18. The molecule has 0 saturated carbocycles. The Bertz CT molecular complexity index is 1040. The fourth-order valence-electron chi connectivity index (χ4n) is 2.87. The Morgan fingerprint density at radius 3 is 2.39 bits per heavy atom. The monoisotopic (exact) mass is 390 g/mol. The van der Waals surface area contributed by atoms with Crippen LogP contribution in [0.1, 0.15) is 39.5 Å². The molecule has 0 radical (unpaired) electrons. The molecular weight excluding hydrogens is 376 g/mol. The number of rotatable bonds is 5. The van der Waals surface area contributed by atoms with Crippen LogP contribution in [-0.4, -0.2) is 15.8 Å². The van der Waals surface area contributed by atoms with Crippen LogP contribution in [0, 0.1) is 5.82 Å². The molecule has 144 valence electrons. The first-order chi connectivity index (χ1) is 13.3. The Labute approximate surface area is 156 Å². The van der Waals surface area contributed by atoms with Gasteiger partial charge in [-0.15, -0.1) is 0 Å². The predicted molar refractivity (Wildman–Crippen MR) is 93.5 cm³/mol. The number of ketones is 1. The number of hydrogen-bond donors (Lipinski definition) is 1. The Hall–Kier alpha value is -3.29. The summed E-state index contributed by atoms with van der Waals surface area (Å²) in [6, 6.07) is 9.43. The number of halogens is 4. The van der Waals surface area contributed by atoms with Gasteiger partial charge in [0.2, 0.25) is 0 Å². The summed E-state index contributed by atoms with van der Waals surface area (Å²) in [5, 5.41) is 0. The van der Waals surface area contributed by atoms with Crippen molar-refractivity contribution in [3.63, 3.8) is 0 Å². The number of carbonyl (C=O) groups is 1. The van der Waals surface area contributed by atoms with Gasteiger partial charge in [-0.2, -0.15) is 13.2 Å². The highest BCUT2D eigenvalue weighted by atomic mass is 19.4. The summed E-state index contributed by atoms with van der Waals surface area (Å²) in [5.74, 6) is -2.21. The van der Waals surface area contributed by atoms with Crippen molar-refractivity contribution in [1.29, 1.82) is 0 Å². The first-order valence-electron chi connectivity index (χ1n) is 8.26. The van der Waals surface area contributed by atoms with Crippen molar-refractivity contribution in [3.8, 4) is 0 Å². The molecular formula is C20H14F4N2O2. The molecule has 2 heterocycles. The normalized spacial score (nSPS) is 12.6. The van der Waals surface area contributed by atoms with E-state index in [0.29, 0.717) is 0 Å². The van der Waals surface area contributed by atoms with E-state index in [2.05, 4.69) is 9.97 Å². The van der Waals surface area contributed by atoms with Gasteiger partial charge >= 0.3 is 6.18 Å². The number of carbonyl (C=O) groups excluding carboxylic acids is 1. The lowest BCUT2D eigenvalue weighted by molar-refractivity contribution is -0.137. The van der Waals surface area contributed by atoms with Gasteiger partial charge in [0.05, 0.1) is 16.8 Å². The Kier molecular flexibility index (Phi) is 5.39. The van der Waals surface area contributed by atoms with E-state index in [1.165, 1.54) is 42.7 Å². The van der Waals surface area contributed by atoms with Gasteiger partial charge in [0, 0.05) is 24.7 Å². The van der Waals surface area contributed by atoms with E-state index < -0.39 is 34.8 Å². The standard InChI is InChI=1S/C20H14F4N2O2/c21-16-4-2-9-25-18(16)15(11-17(27)14-3-1-10-26-19(14)28)12-5-7-13(8-6-12)20(22,23)24/h1-10,15H,11H2,(H,26,28)/t15-/m0/s1. The van der Waals surface area contributed by atoms with E-state index in [1.807, 2.05) is 0 Å². The zero-order valence-electron chi connectivity index (χ0n) is 14.3. The lowest BCUT2D eigenvalue weighted by atomic mass is 9.88. The molecule has 3 rings (SSSR count). The number of aromatic amines is 1. The molecule has 4 nitrogen and oxygen atoms in total. The van der Waals surface area contributed by atoms with E-state index >= 15 is 0 Å². The predicted octanol–water partition coefficient (Wildman–Crippen LogP) is 4.33. The maximum atomic E-state index is 14.3. The van der Waals surface area contributed by atoms with Gasteiger partial charge in [-0.25, -0.2) is 4.39 Å². The van der Waals surface area contributed by atoms with Crippen molar-refractivity contribution in [2.24, 2.45) is 0 Å². The van der Waals surface area contributed by atoms with Crippen molar-refractivity contribution in [3.05, 3.63) is 99.5 Å². The van der Waals surface area contributed by atoms with E-state index in [-0.39, 0.29) is 23.2 Å². The van der Waals surface area contributed by atoms with Crippen LogP contribution >= 0.6 is 0 Å². The molecule has 0 fully saturated rings. The first kappa shape index (κ1) is 19.5. The van der Waals surface area contributed by atoms with Crippen LogP contribution in [0.3, 0.4) is 0 Å². The molecule has 0 saturated heterocycles. The third kappa shape index (κ3) is 4.16. The minimum atomic E-state index is -4.52. The van der Waals surface area contributed by atoms with Crippen LogP contribution in [0.5, 0.6) is 0 Å². The Morgan fingerprint density at radius 2 is 1.79 bits per heavy atom. The molecule has 0 amide bonds. The van der Waals surface area contributed by atoms with Gasteiger partial charge in [-0.05, 0) is 42.0 Å². The number of aromatic nitrogens is 2. The maximum Gasteiger partial charge on any atom is 0.416 e. The molecule has 8 heteroatoms. The van der Waals surface area contributed by atoms with E-state index in [0.717, 1.165) is 18.2 Å². The van der Waals surface area contributed by atoms with Gasteiger partial charge < -0.3 is 4.98 Å². The second-order valence-electron chi connectivity index (χ2n) is 6.08. The van der Waals surface area contributed by atoms with Crippen molar-refractivity contribution in [1.82, 2.24) is 9.97 Å². The quantitative estimate of drug-likeness (QED) is 0.521. The van der Waals surface area contributed by atoms with Crippen molar-refractivity contribution in [2.75, 3.05) is 0 Å². The van der Waals surface area contributed by atoms with Crippen LogP contribution < -0.4 is 5.56 Å². The Morgan fingerprint density at radius 1 is 1.07 bits per heavy atom. The van der Waals surface area contributed by atoms with Crippen LogP contribution in [0.2, 0.25) is 0 Å². The average molecular weight is 390 g/mol. The highest BCUT2D eigenvalue weighted by Gasteiger charge is 2.31. The molecule has 0 bridgehead atoms. The third-order valence-electron chi connectivity index (χ3n) is 4.27. The molecule has 28 heavy (non-hydrogen) atoms. The number of H-pyrrole nitrogens is 1. The molecule has 2 aromatic heterocycles. The summed E-state index contributed by atoms with van der Waals surface area (Å²) < 4.78 is 52.8. The van der Waals surface area contributed by atoms with Gasteiger partial charge in [0.15, 0.2) is 5.78 Å². The number of nitrogens with one attached hydrogen (secondary N) is 1. The zero-order valence-corrected chi connectivity index (χ0v) is 14.3. The summed E-state index contributed by atoms with van der Waals surface area (Å²) in [6.07, 6.45) is -2.15. The zero-order chi connectivity index (χ0) is 20.3. The minimum Gasteiger partial charge on any atom is -0.328 e. The van der Waals surface area contributed by atoms with Gasteiger partial charge in [-0.3, -0.25) is 14.6 Å². The van der Waals surface area contributed by atoms with Crippen molar-refractivity contribution < 1.29 is 22.4 Å². The molecule has 0 aliphatic carbocycles. The summed E-state index contributed by atoms with van der Waals surface area (Å²) >= 11 is 0. The van der Waals surface area contributed by atoms with E-state index in [9.17, 15) is 27.2 Å². The molecule has 3 aromatic rings. The highest BCUT2D eigenvalue weighted by molar-refractivity contribution is 5.96. The summed E-state index contributed by atoms with van der Waals surface area (Å²) in [6.45, 7) is 0. The number of Topliss-reactive ketones (excluding diaryl/α,β-unsaturated/α-hetero) is 1. The Balaban J connectivity index is 2.01. The fraction of sp³-hybridized carbons (Fsp3) is 0.150. The lowest BCUT2D eigenvalue weighted by Crippen LogP contribution is -2.20. The molecule has 0 unspecified atom stereocenters. The van der Waals surface area contributed by atoms with E-state index in [1.54, 1.807) is 0 Å². The average Bonchev–Trinajstić information content (AvgIpc) is 2.66. The first-order valence-corrected chi connectivity index (χ1v) is 8.26. The SMILES string of the molecule is O=C(C[C@@H](c1ccc(C(F)(F)F)cc1)c1ncccc1F)c1ccc[nH]c1=O. The highest BCUT2D eigenvalue weighted by Crippen LogP contribution is 2.33.